The van der Waals surface area contributed by atoms with E-state index in [0.717, 1.165) is 25.7 Å². The van der Waals surface area contributed by atoms with Gasteiger partial charge >= 0.3 is 0 Å². The van der Waals surface area contributed by atoms with Crippen LogP contribution in [0.15, 0.2) is 52.5 Å². The van der Waals surface area contributed by atoms with E-state index in [1.165, 1.54) is 28.7 Å². The molecule has 0 radical (unpaired) electrons. The number of aromatic nitrogens is 1. The van der Waals surface area contributed by atoms with Gasteiger partial charge in [-0.25, -0.2) is 13.4 Å². The predicted molar refractivity (Wildman–Crippen MR) is 126 cm³/mol. The molecule has 1 N–H and O–H groups in total. The Labute approximate surface area is 199 Å². The molecular formula is C23H29N3O5S2. The number of amides is 1. The number of sulfonamides is 1. The van der Waals surface area contributed by atoms with E-state index in [0.29, 0.717) is 29.7 Å². The topological polar surface area (TPSA) is 97.8 Å². The molecule has 1 aromatic carbocycles. The Morgan fingerprint density at radius 2 is 1.91 bits per heavy atom. The highest BCUT2D eigenvalue weighted by molar-refractivity contribution is 7.99. The Hall–Kier alpha value is -2.30. The molecule has 1 unspecified atom stereocenters. The summed E-state index contributed by atoms with van der Waals surface area (Å²) in [7, 11) is -1.92. The number of carbonyl (C=O) groups excluding carboxylic acids is 1. The zero-order chi connectivity index (χ0) is 23.3. The van der Waals surface area contributed by atoms with E-state index in [4.69, 9.17) is 9.47 Å². The minimum absolute atomic E-state index is 0.0496. The summed E-state index contributed by atoms with van der Waals surface area (Å²) in [6, 6.07) is 10.7. The maximum Gasteiger partial charge on any atom is 0.244 e. The number of thioether (sulfide) groups is 1. The zero-order valence-corrected chi connectivity index (χ0v) is 20.2. The highest BCUT2D eigenvalue weighted by atomic mass is 32.2. The average molecular weight is 492 g/mol. The van der Waals surface area contributed by atoms with Crippen LogP contribution in [-0.2, 0) is 14.8 Å². The van der Waals surface area contributed by atoms with Crippen LogP contribution < -0.4 is 14.8 Å². The number of nitrogens with zero attached hydrogens (tertiary/aromatic N) is 2. The summed E-state index contributed by atoms with van der Waals surface area (Å²) in [5, 5.41) is 3.44. The number of carbonyl (C=O) groups is 1. The van der Waals surface area contributed by atoms with E-state index in [2.05, 4.69) is 10.3 Å². The second-order valence-electron chi connectivity index (χ2n) is 8.24. The van der Waals surface area contributed by atoms with Crippen LogP contribution in [0.1, 0.15) is 32.1 Å². The van der Waals surface area contributed by atoms with E-state index in [1.54, 1.807) is 19.2 Å². The van der Waals surface area contributed by atoms with Crippen LogP contribution in [0.5, 0.6) is 11.5 Å². The number of pyridine rings is 1. The molecule has 0 saturated heterocycles. The maximum atomic E-state index is 12.9. The maximum absolute atomic E-state index is 12.9. The van der Waals surface area contributed by atoms with Crippen LogP contribution in [0.4, 0.5) is 0 Å². The molecule has 2 aliphatic rings. The molecule has 8 nitrogen and oxygen atoms in total. The van der Waals surface area contributed by atoms with Crippen molar-refractivity contribution in [3.8, 4) is 11.5 Å². The molecule has 178 valence electrons. The second kappa shape index (κ2) is 10.8. The Morgan fingerprint density at radius 1 is 1.15 bits per heavy atom. The normalized spacial score (nSPS) is 18.8. The van der Waals surface area contributed by atoms with Gasteiger partial charge in [0.1, 0.15) is 17.6 Å². The fourth-order valence-electron chi connectivity index (χ4n) is 3.99. The van der Waals surface area contributed by atoms with E-state index >= 15 is 0 Å². The van der Waals surface area contributed by atoms with Crippen molar-refractivity contribution >= 4 is 27.7 Å². The number of hydrogen-bond donors (Lipinski definition) is 1. The third-order valence-corrected chi connectivity index (χ3v) is 8.76. The van der Waals surface area contributed by atoms with Crippen molar-refractivity contribution < 1.29 is 22.7 Å². The molecule has 2 aromatic rings. The fourth-order valence-corrected chi connectivity index (χ4v) is 6.03. The van der Waals surface area contributed by atoms with Gasteiger partial charge in [0.2, 0.25) is 15.9 Å². The molecule has 1 amide bonds. The second-order valence-corrected chi connectivity index (χ2v) is 11.2. The molecule has 1 saturated carbocycles. The molecule has 10 heteroatoms. The van der Waals surface area contributed by atoms with Gasteiger partial charge in [0.15, 0.2) is 11.5 Å². The number of fused-ring (bicyclic) bond motifs is 1. The number of nitrogens with one attached hydrogen (secondary N) is 1. The van der Waals surface area contributed by atoms with Crippen molar-refractivity contribution in [3.63, 3.8) is 0 Å². The molecule has 1 aromatic heterocycles. The van der Waals surface area contributed by atoms with Gasteiger partial charge in [0, 0.05) is 19.3 Å². The van der Waals surface area contributed by atoms with Gasteiger partial charge in [0.05, 0.1) is 17.3 Å². The van der Waals surface area contributed by atoms with Crippen molar-refractivity contribution in [2.45, 2.75) is 54.2 Å². The molecule has 4 rings (SSSR count). The lowest BCUT2D eigenvalue weighted by Crippen LogP contribution is -2.41. The van der Waals surface area contributed by atoms with E-state index in [-0.39, 0.29) is 28.7 Å². The van der Waals surface area contributed by atoms with Gasteiger partial charge in [-0.3, -0.25) is 4.79 Å². The third kappa shape index (κ3) is 5.99. The predicted octanol–water partition coefficient (Wildman–Crippen LogP) is 3.08. The molecule has 33 heavy (non-hydrogen) atoms. The van der Waals surface area contributed by atoms with Crippen molar-refractivity contribution in [1.82, 2.24) is 14.6 Å². The third-order valence-electron chi connectivity index (χ3n) is 5.92. The molecule has 1 aliphatic carbocycles. The fraction of sp³-hybridized carbons (Fsp3) is 0.478. The highest BCUT2D eigenvalue weighted by Gasteiger charge is 2.29. The van der Waals surface area contributed by atoms with E-state index < -0.39 is 10.0 Å². The van der Waals surface area contributed by atoms with E-state index in [1.807, 2.05) is 24.3 Å². The smallest absolute Gasteiger partial charge is 0.244 e. The summed E-state index contributed by atoms with van der Waals surface area (Å²) in [6.07, 6.45) is 6.22. The lowest BCUT2D eigenvalue weighted by molar-refractivity contribution is -0.119. The van der Waals surface area contributed by atoms with Crippen LogP contribution in [0.25, 0.3) is 0 Å². The number of ether oxygens (including phenoxy) is 2. The summed E-state index contributed by atoms with van der Waals surface area (Å²) in [4.78, 5) is 16.7. The van der Waals surface area contributed by atoms with Gasteiger partial charge in [-0.2, -0.15) is 4.31 Å². The summed E-state index contributed by atoms with van der Waals surface area (Å²) in [5.74, 6) is 1.39. The summed E-state index contributed by atoms with van der Waals surface area (Å²) in [6.45, 7) is 0.711. The SMILES string of the molecule is CN(C1CCCCC1)S(=O)(=O)c1ccc(SCC(=O)NCC2COc3ccccc3O2)nc1. The van der Waals surface area contributed by atoms with E-state index in [9.17, 15) is 13.2 Å². The molecule has 0 spiro atoms. The van der Waals surface area contributed by atoms with Gasteiger partial charge in [-0.15, -0.1) is 0 Å². The number of benzene rings is 1. The van der Waals surface area contributed by atoms with Crippen LogP contribution in [0, 0.1) is 0 Å². The number of hydrogen-bond acceptors (Lipinski definition) is 7. The standard InChI is InChI=1S/C23H29N3O5S2/c1-26(17-7-3-2-4-8-17)33(28,29)19-11-12-23(25-14-19)32-16-22(27)24-13-18-15-30-20-9-5-6-10-21(20)31-18/h5-6,9-12,14,17-18H,2-4,7-8,13,15-16H2,1H3,(H,24,27). The van der Waals surface area contributed by atoms with Crippen LogP contribution in [0.2, 0.25) is 0 Å². The Bertz CT molecular complexity index is 1060. The first kappa shape index (κ1) is 23.8. The Morgan fingerprint density at radius 3 is 2.64 bits per heavy atom. The molecule has 1 atom stereocenters. The highest BCUT2D eigenvalue weighted by Crippen LogP contribution is 2.31. The minimum Gasteiger partial charge on any atom is -0.486 e. The Balaban J connectivity index is 1.24. The lowest BCUT2D eigenvalue weighted by atomic mass is 9.96. The molecule has 0 bridgehead atoms. The van der Waals surface area contributed by atoms with Gasteiger partial charge in [0.25, 0.3) is 0 Å². The summed E-state index contributed by atoms with van der Waals surface area (Å²) >= 11 is 1.26. The van der Waals surface area contributed by atoms with Gasteiger partial charge in [-0.05, 0) is 37.1 Å². The Kier molecular flexibility index (Phi) is 7.77. The van der Waals surface area contributed by atoms with Crippen molar-refractivity contribution in [2.75, 3.05) is 26.0 Å². The lowest BCUT2D eigenvalue weighted by Gasteiger charge is -2.30. The van der Waals surface area contributed by atoms with Crippen LogP contribution in [0.3, 0.4) is 0 Å². The first-order valence-electron chi connectivity index (χ1n) is 11.2. The van der Waals surface area contributed by atoms with Crippen LogP contribution >= 0.6 is 11.8 Å². The first-order chi connectivity index (χ1) is 15.9. The minimum atomic E-state index is -3.57. The zero-order valence-electron chi connectivity index (χ0n) is 18.6. The quantitative estimate of drug-likeness (QED) is 0.567. The largest absolute Gasteiger partial charge is 0.486 e. The molecule has 1 aliphatic heterocycles. The van der Waals surface area contributed by atoms with Gasteiger partial charge in [-0.1, -0.05) is 43.2 Å². The van der Waals surface area contributed by atoms with Crippen molar-refractivity contribution in [3.05, 3.63) is 42.6 Å². The number of para-hydroxylation sites is 2. The average Bonchev–Trinajstić information content (AvgIpc) is 2.86. The van der Waals surface area contributed by atoms with Gasteiger partial charge < -0.3 is 14.8 Å². The molecule has 2 heterocycles. The molecular weight excluding hydrogens is 462 g/mol. The van der Waals surface area contributed by atoms with Crippen LogP contribution in [-0.4, -0.2) is 61.7 Å². The first-order valence-corrected chi connectivity index (χ1v) is 13.6. The number of rotatable bonds is 8. The summed E-state index contributed by atoms with van der Waals surface area (Å²) in [5.41, 5.74) is 0. The van der Waals surface area contributed by atoms with Crippen molar-refractivity contribution in [1.29, 1.82) is 0 Å². The monoisotopic (exact) mass is 491 g/mol. The van der Waals surface area contributed by atoms with Crippen molar-refractivity contribution in [2.24, 2.45) is 0 Å². The molecule has 1 fully saturated rings. The summed E-state index contributed by atoms with van der Waals surface area (Å²) < 4.78 is 38.8.